The van der Waals surface area contributed by atoms with E-state index in [2.05, 4.69) is 0 Å². The fourth-order valence-electron chi connectivity index (χ4n) is 3.21. The minimum Gasteiger partial charge on any atom is -0.465 e. The molecule has 0 aromatic carbocycles. The SMILES string of the molecule is CCOC(=O)C1(C(O)C2CCN(C(=O)OC(C)(C)C)CC2)CC1. The molecule has 0 radical (unpaired) electrons. The number of nitrogens with zero attached hydrogens (tertiary/aromatic N) is 1. The molecule has 1 aliphatic heterocycles. The van der Waals surface area contributed by atoms with Crippen LogP contribution < -0.4 is 0 Å². The second-order valence-corrected chi connectivity index (χ2v) is 7.63. The van der Waals surface area contributed by atoms with Crippen LogP contribution in [0.4, 0.5) is 4.79 Å². The van der Waals surface area contributed by atoms with E-state index in [1.807, 2.05) is 20.8 Å². The first-order chi connectivity index (χ1) is 10.7. The summed E-state index contributed by atoms with van der Waals surface area (Å²) in [5.41, 5.74) is -1.20. The summed E-state index contributed by atoms with van der Waals surface area (Å²) < 4.78 is 10.5. The van der Waals surface area contributed by atoms with Crippen molar-refractivity contribution in [2.24, 2.45) is 11.3 Å². The van der Waals surface area contributed by atoms with Crippen molar-refractivity contribution in [3.05, 3.63) is 0 Å². The molecule has 1 atom stereocenters. The number of aliphatic hydroxyl groups excluding tert-OH is 1. The second kappa shape index (κ2) is 6.67. The molecule has 0 aromatic rings. The first-order valence-electron chi connectivity index (χ1n) is 8.53. The molecule has 2 rings (SSSR count). The molecule has 1 N–H and O–H groups in total. The summed E-state index contributed by atoms with van der Waals surface area (Å²) in [6.07, 6.45) is 1.76. The predicted molar refractivity (Wildman–Crippen MR) is 84.8 cm³/mol. The number of hydrogen-bond donors (Lipinski definition) is 1. The number of esters is 1. The summed E-state index contributed by atoms with van der Waals surface area (Å²) in [5, 5.41) is 10.6. The van der Waals surface area contributed by atoms with E-state index in [9.17, 15) is 14.7 Å². The molecule has 1 saturated heterocycles. The molecule has 132 valence electrons. The second-order valence-electron chi connectivity index (χ2n) is 7.63. The number of hydrogen-bond acceptors (Lipinski definition) is 5. The minimum atomic E-state index is -0.700. The number of carbonyl (C=O) groups excluding carboxylic acids is 2. The van der Waals surface area contributed by atoms with Gasteiger partial charge >= 0.3 is 12.1 Å². The van der Waals surface area contributed by atoms with Crippen molar-refractivity contribution in [3.8, 4) is 0 Å². The van der Waals surface area contributed by atoms with Crippen LogP contribution >= 0.6 is 0 Å². The summed E-state index contributed by atoms with van der Waals surface area (Å²) in [6, 6.07) is 0. The molecule has 1 unspecified atom stereocenters. The van der Waals surface area contributed by atoms with Crippen LogP contribution in [-0.4, -0.2) is 53.5 Å². The molecule has 6 nitrogen and oxygen atoms in total. The lowest BCUT2D eigenvalue weighted by Gasteiger charge is -2.37. The molecule has 6 heteroatoms. The van der Waals surface area contributed by atoms with Crippen molar-refractivity contribution >= 4 is 12.1 Å². The number of aliphatic hydroxyl groups is 1. The number of likely N-dealkylation sites (tertiary alicyclic amines) is 1. The Bertz CT molecular complexity index is 444. The van der Waals surface area contributed by atoms with Crippen LogP contribution in [-0.2, 0) is 14.3 Å². The molecule has 1 saturated carbocycles. The van der Waals surface area contributed by atoms with E-state index in [1.54, 1.807) is 11.8 Å². The first kappa shape index (κ1) is 18.0. The van der Waals surface area contributed by atoms with Gasteiger partial charge in [-0.25, -0.2) is 4.79 Å². The lowest BCUT2D eigenvalue weighted by molar-refractivity contribution is -0.157. The maximum Gasteiger partial charge on any atom is 0.410 e. The highest BCUT2D eigenvalue weighted by molar-refractivity contribution is 5.80. The van der Waals surface area contributed by atoms with Crippen LogP contribution in [0, 0.1) is 11.3 Å². The fraction of sp³-hybridized carbons (Fsp3) is 0.882. The van der Waals surface area contributed by atoms with Gasteiger partial charge in [-0.15, -0.1) is 0 Å². The smallest absolute Gasteiger partial charge is 0.410 e. The van der Waals surface area contributed by atoms with Crippen LogP contribution in [0.1, 0.15) is 53.4 Å². The highest BCUT2D eigenvalue weighted by Gasteiger charge is 2.58. The zero-order chi connectivity index (χ0) is 17.3. The van der Waals surface area contributed by atoms with Gasteiger partial charge in [0.1, 0.15) is 5.60 Å². The van der Waals surface area contributed by atoms with Gasteiger partial charge in [0.25, 0.3) is 0 Å². The lowest BCUT2D eigenvalue weighted by atomic mass is 9.82. The summed E-state index contributed by atoms with van der Waals surface area (Å²) in [4.78, 5) is 25.8. The van der Waals surface area contributed by atoms with E-state index in [-0.39, 0.29) is 18.0 Å². The molecule has 1 amide bonds. The third-order valence-corrected chi connectivity index (χ3v) is 4.67. The van der Waals surface area contributed by atoms with E-state index in [1.165, 1.54) is 0 Å². The predicted octanol–water partition coefficient (Wildman–Crippen LogP) is 2.34. The van der Waals surface area contributed by atoms with Crippen molar-refractivity contribution in [2.75, 3.05) is 19.7 Å². The number of carbonyl (C=O) groups is 2. The molecule has 1 heterocycles. The normalized spacial score (nSPS) is 22.4. The standard InChI is InChI=1S/C17H29NO5/c1-5-22-14(20)17(8-9-17)13(19)12-6-10-18(11-7-12)15(21)23-16(2,3)4/h12-13,19H,5-11H2,1-4H3. The highest BCUT2D eigenvalue weighted by Crippen LogP contribution is 2.53. The Morgan fingerprint density at radius 1 is 1.26 bits per heavy atom. The Labute approximate surface area is 138 Å². The average Bonchev–Trinajstić information content (AvgIpc) is 3.27. The van der Waals surface area contributed by atoms with Crippen molar-refractivity contribution in [2.45, 2.75) is 65.1 Å². The van der Waals surface area contributed by atoms with E-state index >= 15 is 0 Å². The topological polar surface area (TPSA) is 76.1 Å². The number of amides is 1. The Kier molecular flexibility index (Phi) is 5.23. The average molecular weight is 327 g/mol. The van der Waals surface area contributed by atoms with Gasteiger partial charge in [-0.05, 0) is 59.3 Å². The molecule has 2 fully saturated rings. The summed E-state index contributed by atoms with van der Waals surface area (Å²) in [5.74, 6) is -0.248. The number of ether oxygens (including phenoxy) is 2. The highest BCUT2D eigenvalue weighted by atomic mass is 16.6. The summed E-state index contributed by atoms with van der Waals surface area (Å²) >= 11 is 0. The Balaban J connectivity index is 1.87. The minimum absolute atomic E-state index is 0.0283. The quantitative estimate of drug-likeness (QED) is 0.802. The lowest BCUT2D eigenvalue weighted by Crippen LogP contribution is -2.46. The molecule has 0 aromatic heterocycles. The molecule has 0 spiro atoms. The van der Waals surface area contributed by atoms with Gasteiger partial charge in [-0.2, -0.15) is 0 Å². The van der Waals surface area contributed by atoms with E-state index in [4.69, 9.17) is 9.47 Å². The summed E-state index contributed by atoms with van der Waals surface area (Å²) in [7, 11) is 0. The maximum absolute atomic E-state index is 12.1. The number of rotatable bonds is 4. The molecule has 2 aliphatic rings. The van der Waals surface area contributed by atoms with Crippen LogP contribution in [0.5, 0.6) is 0 Å². The van der Waals surface area contributed by atoms with E-state index < -0.39 is 17.1 Å². The Morgan fingerprint density at radius 2 is 1.83 bits per heavy atom. The van der Waals surface area contributed by atoms with Crippen LogP contribution in [0.2, 0.25) is 0 Å². The van der Waals surface area contributed by atoms with Gasteiger partial charge in [-0.1, -0.05) is 0 Å². The molecule has 0 bridgehead atoms. The number of piperidine rings is 1. The summed E-state index contributed by atoms with van der Waals surface area (Å²) in [6.45, 7) is 8.75. The Hall–Kier alpha value is -1.30. The molecular weight excluding hydrogens is 298 g/mol. The van der Waals surface area contributed by atoms with Crippen LogP contribution in [0.15, 0.2) is 0 Å². The largest absolute Gasteiger partial charge is 0.465 e. The maximum atomic E-state index is 12.1. The van der Waals surface area contributed by atoms with Crippen molar-refractivity contribution in [1.82, 2.24) is 4.90 Å². The third-order valence-electron chi connectivity index (χ3n) is 4.67. The molecule has 23 heavy (non-hydrogen) atoms. The van der Waals surface area contributed by atoms with Gasteiger partial charge in [0.2, 0.25) is 0 Å². The van der Waals surface area contributed by atoms with Gasteiger partial charge in [0, 0.05) is 13.1 Å². The van der Waals surface area contributed by atoms with E-state index in [0.29, 0.717) is 45.4 Å². The van der Waals surface area contributed by atoms with Crippen molar-refractivity contribution in [1.29, 1.82) is 0 Å². The zero-order valence-electron chi connectivity index (χ0n) is 14.6. The van der Waals surface area contributed by atoms with E-state index in [0.717, 1.165) is 0 Å². The van der Waals surface area contributed by atoms with Crippen molar-refractivity contribution in [3.63, 3.8) is 0 Å². The van der Waals surface area contributed by atoms with Gasteiger partial charge < -0.3 is 19.5 Å². The van der Waals surface area contributed by atoms with Crippen molar-refractivity contribution < 1.29 is 24.2 Å². The first-order valence-corrected chi connectivity index (χ1v) is 8.53. The van der Waals surface area contributed by atoms with Gasteiger partial charge in [-0.3, -0.25) is 4.79 Å². The zero-order valence-corrected chi connectivity index (χ0v) is 14.6. The fourth-order valence-corrected chi connectivity index (χ4v) is 3.21. The third kappa shape index (κ3) is 4.16. The molecule has 1 aliphatic carbocycles. The van der Waals surface area contributed by atoms with Gasteiger partial charge in [0.15, 0.2) is 0 Å². The Morgan fingerprint density at radius 3 is 2.26 bits per heavy atom. The van der Waals surface area contributed by atoms with Crippen LogP contribution in [0.25, 0.3) is 0 Å². The molecular formula is C17H29NO5. The van der Waals surface area contributed by atoms with Gasteiger partial charge in [0.05, 0.1) is 18.1 Å². The monoisotopic (exact) mass is 327 g/mol. The van der Waals surface area contributed by atoms with Crippen LogP contribution in [0.3, 0.4) is 0 Å².